The van der Waals surface area contributed by atoms with Crippen LogP contribution in [0.1, 0.15) is 13.8 Å². The lowest BCUT2D eigenvalue weighted by Crippen LogP contribution is -2.39. The van der Waals surface area contributed by atoms with Crippen molar-refractivity contribution in [2.45, 2.75) is 19.4 Å². The van der Waals surface area contributed by atoms with Crippen LogP contribution in [0.5, 0.6) is 0 Å². The molecule has 4 nitrogen and oxygen atoms in total. The highest BCUT2D eigenvalue weighted by Gasteiger charge is 2.16. The van der Waals surface area contributed by atoms with E-state index in [2.05, 4.69) is 37.3 Å². The number of hydrogen-bond donors (Lipinski definition) is 2. The quantitative estimate of drug-likeness (QED) is 0.906. The first kappa shape index (κ1) is 13.5. The van der Waals surface area contributed by atoms with Crippen LogP contribution in [-0.2, 0) is 0 Å². The molecule has 2 aromatic heterocycles. The van der Waals surface area contributed by atoms with E-state index < -0.39 is 0 Å². The summed E-state index contributed by atoms with van der Waals surface area (Å²) in [5.41, 5.74) is 6.47. The molecule has 0 saturated heterocycles. The molecule has 0 bridgehead atoms. The summed E-state index contributed by atoms with van der Waals surface area (Å²) in [6.07, 6.45) is 3.64. The van der Waals surface area contributed by atoms with Gasteiger partial charge in [0, 0.05) is 44.8 Å². The summed E-state index contributed by atoms with van der Waals surface area (Å²) in [5, 5.41) is 5.24. The third-order valence-corrected chi connectivity index (χ3v) is 4.20. The molecule has 2 heterocycles. The van der Waals surface area contributed by atoms with Crippen LogP contribution in [0.15, 0.2) is 28.3 Å². The van der Waals surface area contributed by atoms with Gasteiger partial charge in [-0.05, 0) is 35.8 Å². The van der Waals surface area contributed by atoms with E-state index in [1.54, 1.807) is 11.3 Å². The van der Waals surface area contributed by atoms with Crippen molar-refractivity contribution < 1.29 is 0 Å². The summed E-state index contributed by atoms with van der Waals surface area (Å²) in [6.45, 7) is 4.55. The van der Waals surface area contributed by atoms with Gasteiger partial charge in [-0.3, -0.25) is 0 Å². The van der Waals surface area contributed by atoms with Crippen molar-refractivity contribution in [1.29, 1.82) is 0 Å². The zero-order valence-electron chi connectivity index (χ0n) is 10.3. The second-order valence-electron chi connectivity index (χ2n) is 4.64. The molecule has 6 heteroatoms. The number of hydrogen-bond acceptors (Lipinski definition) is 5. The fourth-order valence-corrected chi connectivity index (χ4v) is 2.74. The number of rotatable bonds is 4. The van der Waals surface area contributed by atoms with Crippen LogP contribution in [0.25, 0.3) is 10.4 Å². The molecule has 0 aliphatic rings. The summed E-state index contributed by atoms with van der Waals surface area (Å²) in [5.74, 6) is 0.602. The van der Waals surface area contributed by atoms with Gasteiger partial charge in [-0.25, -0.2) is 9.97 Å². The minimum absolute atomic E-state index is 0.201. The maximum absolute atomic E-state index is 5.66. The number of nitrogens with zero attached hydrogens (tertiary/aromatic N) is 2. The summed E-state index contributed by atoms with van der Waals surface area (Å²) in [6, 6.07) is 2.06. The first-order valence-corrected chi connectivity index (χ1v) is 7.22. The Labute approximate surface area is 119 Å². The number of nitrogens with one attached hydrogen (secondary N) is 1. The Balaban J connectivity index is 2.15. The molecule has 2 aromatic rings. The minimum Gasteiger partial charge on any atom is -0.348 e. The van der Waals surface area contributed by atoms with Crippen molar-refractivity contribution in [3.63, 3.8) is 0 Å². The topological polar surface area (TPSA) is 63.8 Å². The Kier molecular flexibility index (Phi) is 3.99. The zero-order chi connectivity index (χ0) is 13.2. The van der Waals surface area contributed by atoms with Crippen molar-refractivity contribution in [1.82, 2.24) is 9.97 Å². The maximum atomic E-state index is 5.66. The Morgan fingerprint density at radius 3 is 2.56 bits per heavy atom. The first-order valence-electron chi connectivity index (χ1n) is 5.55. The fraction of sp³-hybridized carbons (Fsp3) is 0.333. The third-order valence-electron chi connectivity index (χ3n) is 2.46. The van der Waals surface area contributed by atoms with Crippen LogP contribution in [0.4, 0.5) is 5.95 Å². The van der Waals surface area contributed by atoms with E-state index in [0.29, 0.717) is 12.5 Å². The third kappa shape index (κ3) is 3.28. The lowest BCUT2D eigenvalue weighted by Gasteiger charge is -2.23. The molecular formula is C12H15BrN4S. The highest BCUT2D eigenvalue weighted by molar-refractivity contribution is 9.10. The van der Waals surface area contributed by atoms with E-state index in [-0.39, 0.29) is 5.54 Å². The SMILES string of the molecule is CC(C)(CN)Nc1ncc(-c2cc(Br)cs2)cn1. The summed E-state index contributed by atoms with van der Waals surface area (Å²) < 4.78 is 1.08. The highest BCUT2D eigenvalue weighted by Crippen LogP contribution is 2.29. The Morgan fingerprint density at radius 1 is 1.39 bits per heavy atom. The van der Waals surface area contributed by atoms with Gasteiger partial charge in [0.2, 0.25) is 5.95 Å². The summed E-state index contributed by atoms with van der Waals surface area (Å²) in [7, 11) is 0. The monoisotopic (exact) mass is 326 g/mol. The van der Waals surface area contributed by atoms with Crippen LogP contribution >= 0.6 is 27.3 Å². The standard InChI is InChI=1S/C12H15BrN4S/c1-12(2,7-14)17-11-15-4-8(5-16-11)10-3-9(13)6-18-10/h3-6H,7,14H2,1-2H3,(H,15,16,17). The van der Waals surface area contributed by atoms with E-state index in [1.807, 2.05) is 31.6 Å². The zero-order valence-corrected chi connectivity index (χ0v) is 12.7. The summed E-state index contributed by atoms with van der Waals surface area (Å²) >= 11 is 5.10. The van der Waals surface area contributed by atoms with Crippen molar-refractivity contribution >= 4 is 33.2 Å². The minimum atomic E-state index is -0.201. The average Bonchev–Trinajstić information content (AvgIpc) is 2.76. The van der Waals surface area contributed by atoms with Crippen LogP contribution in [-0.4, -0.2) is 22.1 Å². The number of anilines is 1. The van der Waals surface area contributed by atoms with Gasteiger partial charge in [-0.15, -0.1) is 11.3 Å². The van der Waals surface area contributed by atoms with Gasteiger partial charge in [-0.1, -0.05) is 0 Å². The second-order valence-corrected chi connectivity index (χ2v) is 6.46. The van der Waals surface area contributed by atoms with Gasteiger partial charge < -0.3 is 11.1 Å². The van der Waals surface area contributed by atoms with Crippen molar-refractivity contribution in [3.05, 3.63) is 28.3 Å². The molecule has 18 heavy (non-hydrogen) atoms. The van der Waals surface area contributed by atoms with Crippen LogP contribution in [0, 0.1) is 0 Å². The number of halogens is 1. The van der Waals surface area contributed by atoms with Gasteiger partial charge in [0.15, 0.2) is 0 Å². The Hall–Kier alpha value is -0.980. The van der Waals surface area contributed by atoms with Gasteiger partial charge in [0.25, 0.3) is 0 Å². The predicted octanol–water partition coefficient (Wildman–Crippen LogP) is 3.12. The lowest BCUT2D eigenvalue weighted by molar-refractivity contribution is 0.574. The molecule has 0 spiro atoms. The molecule has 0 aliphatic carbocycles. The largest absolute Gasteiger partial charge is 0.348 e. The van der Waals surface area contributed by atoms with Gasteiger partial charge in [-0.2, -0.15) is 0 Å². The van der Waals surface area contributed by atoms with Crippen molar-refractivity contribution in [2.75, 3.05) is 11.9 Å². The van der Waals surface area contributed by atoms with Crippen LogP contribution in [0.3, 0.4) is 0 Å². The fourth-order valence-electron chi connectivity index (χ4n) is 1.34. The molecule has 0 aromatic carbocycles. The van der Waals surface area contributed by atoms with Crippen molar-refractivity contribution in [3.8, 4) is 10.4 Å². The molecule has 0 unspecified atom stereocenters. The van der Waals surface area contributed by atoms with E-state index in [9.17, 15) is 0 Å². The molecule has 0 atom stereocenters. The molecule has 0 saturated carbocycles. The van der Waals surface area contributed by atoms with Gasteiger partial charge in [0.1, 0.15) is 0 Å². The first-order chi connectivity index (χ1) is 8.50. The van der Waals surface area contributed by atoms with E-state index in [0.717, 1.165) is 14.9 Å². The van der Waals surface area contributed by atoms with Gasteiger partial charge in [0.05, 0.1) is 0 Å². The number of thiophene rings is 1. The van der Waals surface area contributed by atoms with Crippen LogP contribution in [0.2, 0.25) is 0 Å². The van der Waals surface area contributed by atoms with E-state index in [4.69, 9.17) is 5.73 Å². The van der Waals surface area contributed by atoms with Crippen molar-refractivity contribution in [2.24, 2.45) is 5.73 Å². The average molecular weight is 327 g/mol. The molecule has 0 radical (unpaired) electrons. The van der Waals surface area contributed by atoms with Crippen LogP contribution < -0.4 is 11.1 Å². The van der Waals surface area contributed by atoms with E-state index >= 15 is 0 Å². The normalized spacial score (nSPS) is 11.6. The molecule has 3 N–H and O–H groups in total. The predicted molar refractivity (Wildman–Crippen MR) is 79.8 cm³/mol. The highest BCUT2D eigenvalue weighted by atomic mass is 79.9. The number of nitrogens with two attached hydrogens (primary N) is 1. The van der Waals surface area contributed by atoms with Gasteiger partial charge >= 0.3 is 0 Å². The molecule has 0 amide bonds. The smallest absolute Gasteiger partial charge is 0.223 e. The molecule has 0 fully saturated rings. The maximum Gasteiger partial charge on any atom is 0.223 e. The Morgan fingerprint density at radius 2 is 2.06 bits per heavy atom. The molecule has 96 valence electrons. The lowest BCUT2D eigenvalue weighted by atomic mass is 10.1. The molecule has 0 aliphatic heterocycles. The second kappa shape index (κ2) is 5.34. The molecular weight excluding hydrogens is 312 g/mol. The summed E-state index contributed by atoms with van der Waals surface area (Å²) in [4.78, 5) is 9.77. The Bertz CT molecular complexity index is 521. The van der Waals surface area contributed by atoms with E-state index in [1.165, 1.54) is 0 Å². The number of aromatic nitrogens is 2. The molecule has 2 rings (SSSR count).